The number of hydrazone groups is 1. The van der Waals surface area contributed by atoms with Crippen LogP contribution in [-0.4, -0.2) is 33.2 Å². The molecule has 21 heavy (non-hydrogen) atoms. The minimum absolute atomic E-state index is 0.170. The molecule has 1 fully saturated rings. The first-order valence-corrected chi connectivity index (χ1v) is 6.96. The number of carbonyl (C=O) groups is 1. The zero-order valence-electron chi connectivity index (χ0n) is 11.5. The number of hydrogen-bond donors (Lipinski definition) is 0. The summed E-state index contributed by atoms with van der Waals surface area (Å²) >= 11 is 5.74. The van der Waals surface area contributed by atoms with E-state index in [0.717, 1.165) is 18.4 Å². The van der Waals surface area contributed by atoms with Gasteiger partial charge < -0.3 is 0 Å². The van der Waals surface area contributed by atoms with Gasteiger partial charge in [0, 0.05) is 25.6 Å². The van der Waals surface area contributed by atoms with Gasteiger partial charge in [0.25, 0.3) is 0 Å². The molecule has 1 aromatic heterocycles. The predicted molar refractivity (Wildman–Crippen MR) is 77.5 cm³/mol. The Morgan fingerprint density at radius 2 is 2.38 bits per heavy atom. The molecule has 112 valence electrons. The third kappa shape index (κ3) is 3.98. The van der Waals surface area contributed by atoms with E-state index >= 15 is 0 Å². The molecule has 8 heteroatoms. The fourth-order valence-corrected chi connectivity index (χ4v) is 2.61. The fourth-order valence-electron chi connectivity index (χ4n) is 2.50. The smallest absolute Gasteiger partial charge is 0.224 e. The van der Waals surface area contributed by atoms with E-state index in [1.165, 1.54) is 11.8 Å². The van der Waals surface area contributed by atoms with Crippen LogP contribution in [0.5, 0.6) is 0 Å². The van der Waals surface area contributed by atoms with Crippen LogP contribution in [0.15, 0.2) is 23.4 Å². The first kappa shape index (κ1) is 15.4. The molecule has 0 N–H and O–H groups in total. The Hall–Kier alpha value is -2.02. The average Bonchev–Trinajstić information content (AvgIpc) is 2.42. The van der Waals surface area contributed by atoms with Crippen molar-refractivity contribution in [2.75, 3.05) is 6.54 Å². The number of carbonyl (C=O) groups excluding carboxylic acids is 1. The summed E-state index contributed by atoms with van der Waals surface area (Å²) in [7, 11) is 0. The standard InChI is InChI=1S/C13H15ClN4O3/c1-9(19)17-6-2-3-11(13(17)16-18(20)21)7-10-4-5-12(14)15-8-10/h4-5,8,11H,2-3,6-7H2,1H3. The molecule has 1 aliphatic rings. The van der Waals surface area contributed by atoms with Gasteiger partial charge in [0.1, 0.15) is 5.15 Å². The van der Waals surface area contributed by atoms with Crippen molar-refractivity contribution in [3.05, 3.63) is 39.2 Å². The predicted octanol–water partition coefficient (Wildman–Crippen LogP) is 2.13. The highest BCUT2D eigenvalue weighted by atomic mass is 35.5. The number of nitrogens with zero attached hydrogens (tertiary/aromatic N) is 4. The Morgan fingerprint density at radius 3 is 2.95 bits per heavy atom. The summed E-state index contributed by atoms with van der Waals surface area (Å²) in [5.74, 6) is -0.167. The van der Waals surface area contributed by atoms with Crippen LogP contribution in [0, 0.1) is 16.0 Å². The third-order valence-corrected chi connectivity index (χ3v) is 3.63. The van der Waals surface area contributed by atoms with Crippen molar-refractivity contribution in [3.63, 3.8) is 0 Å². The van der Waals surface area contributed by atoms with E-state index in [1.807, 2.05) is 6.07 Å². The molecule has 0 spiro atoms. The first-order chi connectivity index (χ1) is 9.97. The van der Waals surface area contributed by atoms with Gasteiger partial charge in [-0.1, -0.05) is 17.7 Å². The van der Waals surface area contributed by atoms with E-state index < -0.39 is 5.03 Å². The lowest BCUT2D eigenvalue weighted by Crippen LogP contribution is -2.45. The van der Waals surface area contributed by atoms with Gasteiger partial charge >= 0.3 is 0 Å². The van der Waals surface area contributed by atoms with Gasteiger partial charge in [-0.05, 0) is 30.9 Å². The monoisotopic (exact) mass is 310 g/mol. The molecular weight excluding hydrogens is 296 g/mol. The van der Waals surface area contributed by atoms with Crippen LogP contribution in [0.25, 0.3) is 0 Å². The molecule has 1 aliphatic heterocycles. The number of amidine groups is 1. The summed E-state index contributed by atoms with van der Waals surface area (Å²) in [6, 6.07) is 3.50. The normalized spacial score (nSPS) is 20.6. The number of pyridine rings is 1. The van der Waals surface area contributed by atoms with E-state index in [1.54, 1.807) is 12.3 Å². The van der Waals surface area contributed by atoms with E-state index in [-0.39, 0.29) is 17.7 Å². The third-order valence-electron chi connectivity index (χ3n) is 3.41. The number of nitro groups is 1. The van der Waals surface area contributed by atoms with Crippen LogP contribution in [0.1, 0.15) is 25.3 Å². The molecule has 0 aliphatic carbocycles. The summed E-state index contributed by atoms with van der Waals surface area (Å²) < 4.78 is 0. The van der Waals surface area contributed by atoms with Gasteiger partial charge in [0.05, 0.1) is 5.10 Å². The van der Waals surface area contributed by atoms with Gasteiger partial charge in [-0.2, -0.15) is 0 Å². The van der Waals surface area contributed by atoms with Crippen LogP contribution in [0.3, 0.4) is 0 Å². The SMILES string of the molecule is CC(=O)N1CCCC(Cc2ccc(Cl)nc2)C1=N[N+](=O)[O-]. The van der Waals surface area contributed by atoms with E-state index in [9.17, 15) is 14.9 Å². The molecule has 0 saturated carbocycles. The topological polar surface area (TPSA) is 88.7 Å². The lowest BCUT2D eigenvalue weighted by atomic mass is 9.90. The lowest BCUT2D eigenvalue weighted by molar-refractivity contribution is -0.486. The molecule has 1 saturated heterocycles. The Balaban J connectivity index is 2.24. The highest BCUT2D eigenvalue weighted by molar-refractivity contribution is 6.29. The first-order valence-electron chi connectivity index (χ1n) is 6.59. The van der Waals surface area contributed by atoms with Gasteiger partial charge in [-0.3, -0.25) is 9.69 Å². The Bertz CT molecular complexity index is 573. The maximum atomic E-state index is 11.6. The van der Waals surface area contributed by atoms with Crippen LogP contribution < -0.4 is 0 Å². The lowest BCUT2D eigenvalue weighted by Gasteiger charge is -2.31. The average molecular weight is 311 g/mol. The van der Waals surface area contributed by atoms with Crippen LogP contribution in [0.2, 0.25) is 5.15 Å². The van der Waals surface area contributed by atoms with Crippen molar-refractivity contribution in [3.8, 4) is 0 Å². The molecule has 0 bridgehead atoms. The second-order valence-electron chi connectivity index (χ2n) is 4.90. The fraction of sp³-hybridized carbons (Fsp3) is 0.462. The molecule has 0 radical (unpaired) electrons. The zero-order valence-corrected chi connectivity index (χ0v) is 12.3. The van der Waals surface area contributed by atoms with E-state index in [0.29, 0.717) is 18.1 Å². The number of amides is 1. The molecule has 2 rings (SSSR count). The van der Waals surface area contributed by atoms with Crippen molar-refractivity contribution in [1.29, 1.82) is 0 Å². The van der Waals surface area contributed by atoms with Crippen LogP contribution >= 0.6 is 11.6 Å². The Morgan fingerprint density at radius 1 is 1.62 bits per heavy atom. The summed E-state index contributed by atoms with van der Waals surface area (Å²) in [5, 5.41) is 13.8. The van der Waals surface area contributed by atoms with Crippen molar-refractivity contribution in [2.45, 2.75) is 26.2 Å². The highest BCUT2D eigenvalue weighted by Crippen LogP contribution is 2.24. The van der Waals surface area contributed by atoms with Crippen molar-refractivity contribution in [2.24, 2.45) is 11.0 Å². The number of hydrogen-bond acceptors (Lipinski definition) is 4. The number of piperidine rings is 1. The molecule has 1 unspecified atom stereocenters. The maximum absolute atomic E-state index is 11.6. The largest absolute Gasteiger partial charge is 0.295 e. The van der Waals surface area contributed by atoms with Gasteiger partial charge in [0.15, 0.2) is 10.9 Å². The van der Waals surface area contributed by atoms with E-state index in [2.05, 4.69) is 10.1 Å². The second-order valence-corrected chi connectivity index (χ2v) is 5.29. The molecule has 2 heterocycles. The number of aromatic nitrogens is 1. The molecule has 0 aromatic carbocycles. The minimum atomic E-state index is -0.746. The van der Waals surface area contributed by atoms with Crippen molar-refractivity contribution >= 4 is 23.3 Å². The van der Waals surface area contributed by atoms with Crippen molar-refractivity contribution < 1.29 is 9.83 Å². The summed E-state index contributed by atoms with van der Waals surface area (Å²) in [6.07, 6.45) is 3.72. The molecule has 1 aromatic rings. The summed E-state index contributed by atoms with van der Waals surface area (Å²) in [5.41, 5.74) is 0.908. The quantitative estimate of drug-likeness (QED) is 0.486. The Kier molecular flexibility index (Phi) is 4.85. The second kappa shape index (κ2) is 6.62. The zero-order chi connectivity index (χ0) is 15.4. The minimum Gasteiger partial charge on any atom is -0.295 e. The van der Waals surface area contributed by atoms with Crippen molar-refractivity contribution in [1.82, 2.24) is 9.88 Å². The molecule has 7 nitrogen and oxygen atoms in total. The van der Waals surface area contributed by atoms with Crippen LogP contribution in [0.4, 0.5) is 0 Å². The molecule has 1 amide bonds. The van der Waals surface area contributed by atoms with Gasteiger partial charge in [-0.25, -0.2) is 15.1 Å². The number of likely N-dealkylation sites (tertiary alicyclic amines) is 1. The van der Waals surface area contributed by atoms with Gasteiger partial charge in [-0.15, -0.1) is 0 Å². The Labute approximate surface area is 126 Å². The summed E-state index contributed by atoms with van der Waals surface area (Å²) in [6.45, 7) is 1.86. The van der Waals surface area contributed by atoms with Crippen LogP contribution in [-0.2, 0) is 11.2 Å². The molecule has 1 atom stereocenters. The van der Waals surface area contributed by atoms with Gasteiger partial charge in [0.2, 0.25) is 5.91 Å². The molecular formula is C13H15ClN4O3. The highest BCUT2D eigenvalue weighted by Gasteiger charge is 2.32. The summed E-state index contributed by atoms with van der Waals surface area (Å²) in [4.78, 5) is 27.7. The number of halogens is 1. The number of rotatable bonds is 3. The maximum Gasteiger partial charge on any atom is 0.224 e. The van der Waals surface area contributed by atoms with E-state index in [4.69, 9.17) is 11.6 Å².